The number of carbonyl (C=O) groups excluding carboxylic acids is 1. The molecule has 150 valence electrons. The lowest BCUT2D eigenvalue weighted by Crippen LogP contribution is -2.34. The third kappa shape index (κ3) is 4.61. The van der Waals surface area contributed by atoms with E-state index in [4.69, 9.17) is 11.6 Å². The maximum Gasteiger partial charge on any atom is 0.416 e. The van der Waals surface area contributed by atoms with Crippen LogP contribution < -0.4 is 10.2 Å². The molecule has 7 heteroatoms. The number of halogens is 4. The molecule has 0 saturated heterocycles. The summed E-state index contributed by atoms with van der Waals surface area (Å²) in [6.45, 7) is 0. The van der Waals surface area contributed by atoms with Crippen LogP contribution in [-0.2, 0) is 6.18 Å². The van der Waals surface area contributed by atoms with Gasteiger partial charge in [0.05, 0.1) is 27.5 Å². The van der Waals surface area contributed by atoms with E-state index in [1.165, 1.54) is 18.6 Å². The Morgan fingerprint density at radius 2 is 1.79 bits per heavy atom. The van der Waals surface area contributed by atoms with E-state index in [2.05, 4.69) is 5.32 Å². The van der Waals surface area contributed by atoms with Gasteiger partial charge in [0.1, 0.15) is 0 Å². The van der Waals surface area contributed by atoms with Crippen molar-refractivity contribution in [3.63, 3.8) is 0 Å². The second-order valence-corrected chi connectivity index (χ2v) is 7.47. The highest BCUT2D eigenvalue weighted by Crippen LogP contribution is 2.37. The van der Waals surface area contributed by atoms with E-state index in [1.54, 1.807) is 18.2 Å². The van der Waals surface area contributed by atoms with Crippen LogP contribution in [0.3, 0.4) is 0 Å². The van der Waals surface area contributed by atoms with E-state index < -0.39 is 17.6 Å². The lowest BCUT2D eigenvalue weighted by atomic mass is 9.94. The first-order valence-electron chi connectivity index (χ1n) is 9.27. The topological polar surface area (TPSA) is 32.3 Å². The lowest BCUT2D eigenvalue weighted by Gasteiger charge is -2.34. The summed E-state index contributed by atoms with van der Waals surface area (Å²) in [6, 6.07) is 10.2. The fourth-order valence-electron chi connectivity index (χ4n) is 3.62. The molecule has 3 rings (SSSR count). The minimum absolute atomic E-state index is 0.132. The lowest BCUT2D eigenvalue weighted by molar-refractivity contribution is -0.137. The second-order valence-electron chi connectivity index (χ2n) is 7.07. The number of amides is 1. The van der Waals surface area contributed by atoms with Gasteiger partial charge >= 0.3 is 6.18 Å². The molecule has 0 atom stereocenters. The van der Waals surface area contributed by atoms with Crippen molar-refractivity contribution in [1.82, 2.24) is 0 Å². The van der Waals surface area contributed by atoms with Gasteiger partial charge in [-0.3, -0.25) is 4.79 Å². The molecule has 0 unspecified atom stereocenters. The van der Waals surface area contributed by atoms with Gasteiger partial charge in [0, 0.05) is 13.1 Å². The Morgan fingerprint density at radius 1 is 1.11 bits per heavy atom. The fraction of sp³-hybridized carbons (Fsp3) is 0.381. The van der Waals surface area contributed by atoms with Crippen molar-refractivity contribution in [1.29, 1.82) is 0 Å². The Hall–Kier alpha value is -2.21. The third-order valence-electron chi connectivity index (χ3n) is 5.19. The number of benzene rings is 2. The number of hydrogen-bond donors (Lipinski definition) is 1. The number of anilines is 2. The second kappa shape index (κ2) is 8.43. The number of nitrogens with one attached hydrogen (secondary N) is 1. The minimum atomic E-state index is -4.49. The van der Waals surface area contributed by atoms with Crippen LogP contribution in [0.2, 0.25) is 5.02 Å². The maximum atomic E-state index is 13.2. The SMILES string of the molecule is CN(c1ccc(C(F)(F)F)cc1NC(=O)c1ccccc1Cl)C1CCCCC1. The molecular formula is C21H22ClF3N2O. The van der Waals surface area contributed by atoms with Crippen molar-refractivity contribution in [3.8, 4) is 0 Å². The molecule has 2 aromatic carbocycles. The summed E-state index contributed by atoms with van der Waals surface area (Å²) in [6.07, 6.45) is 0.831. The van der Waals surface area contributed by atoms with Gasteiger partial charge in [-0.25, -0.2) is 0 Å². The highest BCUT2D eigenvalue weighted by molar-refractivity contribution is 6.34. The molecule has 1 N–H and O–H groups in total. The molecule has 3 nitrogen and oxygen atoms in total. The molecule has 0 spiro atoms. The van der Waals surface area contributed by atoms with Crippen molar-refractivity contribution >= 4 is 28.9 Å². The molecule has 0 bridgehead atoms. The van der Waals surface area contributed by atoms with Gasteiger partial charge in [-0.05, 0) is 43.2 Å². The first-order valence-corrected chi connectivity index (χ1v) is 9.65. The van der Waals surface area contributed by atoms with E-state index in [9.17, 15) is 18.0 Å². The molecule has 0 aliphatic heterocycles. The number of rotatable bonds is 4. The summed E-state index contributed by atoms with van der Waals surface area (Å²) >= 11 is 6.06. The molecule has 1 saturated carbocycles. The van der Waals surface area contributed by atoms with E-state index in [-0.39, 0.29) is 22.3 Å². The first kappa shape index (κ1) is 20.5. The molecule has 28 heavy (non-hydrogen) atoms. The van der Waals surface area contributed by atoms with Gasteiger partial charge in [0.25, 0.3) is 5.91 Å². The summed E-state index contributed by atoms with van der Waals surface area (Å²) in [5.74, 6) is -0.539. The monoisotopic (exact) mass is 410 g/mol. The molecular weight excluding hydrogens is 389 g/mol. The van der Waals surface area contributed by atoms with Gasteiger partial charge in [-0.2, -0.15) is 13.2 Å². The Balaban J connectivity index is 1.95. The van der Waals surface area contributed by atoms with Crippen LogP contribution in [0.4, 0.5) is 24.5 Å². The number of alkyl halides is 3. The van der Waals surface area contributed by atoms with Crippen LogP contribution in [-0.4, -0.2) is 19.0 Å². The van der Waals surface area contributed by atoms with Gasteiger partial charge in [-0.15, -0.1) is 0 Å². The molecule has 0 radical (unpaired) electrons. The van der Waals surface area contributed by atoms with Crippen molar-refractivity contribution < 1.29 is 18.0 Å². The number of nitrogens with zero attached hydrogens (tertiary/aromatic N) is 1. The predicted octanol–water partition coefficient (Wildman–Crippen LogP) is 6.38. The van der Waals surface area contributed by atoms with Gasteiger partial charge in [0.15, 0.2) is 0 Å². The minimum Gasteiger partial charge on any atom is -0.370 e. The van der Waals surface area contributed by atoms with Crippen LogP contribution >= 0.6 is 11.6 Å². The Bertz CT molecular complexity index is 848. The highest BCUT2D eigenvalue weighted by atomic mass is 35.5. The van der Waals surface area contributed by atoms with Crippen LogP contribution in [0, 0.1) is 0 Å². The number of carbonyl (C=O) groups is 1. The molecule has 1 fully saturated rings. The first-order chi connectivity index (χ1) is 13.3. The molecule has 0 heterocycles. The van der Waals surface area contributed by atoms with Gasteiger partial charge in [0.2, 0.25) is 0 Å². The highest BCUT2D eigenvalue weighted by Gasteiger charge is 2.32. The summed E-state index contributed by atoms with van der Waals surface area (Å²) < 4.78 is 39.7. The van der Waals surface area contributed by atoms with Crippen molar-refractivity contribution in [2.45, 2.75) is 44.3 Å². The number of hydrogen-bond acceptors (Lipinski definition) is 2. The largest absolute Gasteiger partial charge is 0.416 e. The van der Waals surface area contributed by atoms with Crippen molar-refractivity contribution in [3.05, 3.63) is 58.6 Å². The Morgan fingerprint density at radius 3 is 2.43 bits per heavy atom. The van der Waals surface area contributed by atoms with E-state index in [1.807, 2.05) is 11.9 Å². The zero-order chi connectivity index (χ0) is 20.3. The summed E-state index contributed by atoms with van der Waals surface area (Å²) in [5.41, 5.74) is 0.115. The van der Waals surface area contributed by atoms with Crippen LogP contribution in [0.1, 0.15) is 48.0 Å². The van der Waals surface area contributed by atoms with Gasteiger partial charge in [-0.1, -0.05) is 43.0 Å². The van der Waals surface area contributed by atoms with E-state index in [0.29, 0.717) is 5.69 Å². The van der Waals surface area contributed by atoms with Crippen molar-refractivity contribution in [2.24, 2.45) is 0 Å². The Labute approximate surface area is 167 Å². The summed E-state index contributed by atoms with van der Waals surface area (Å²) in [7, 11) is 1.86. The summed E-state index contributed by atoms with van der Waals surface area (Å²) in [4.78, 5) is 14.6. The molecule has 1 amide bonds. The summed E-state index contributed by atoms with van der Waals surface area (Å²) in [5, 5.41) is 2.88. The average molecular weight is 411 g/mol. The average Bonchev–Trinajstić information content (AvgIpc) is 2.67. The smallest absolute Gasteiger partial charge is 0.370 e. The molecule has 1 aliphatic rings. The maximum absolute atomic E-state index is 13.2. The third-order valence-corrected chi connectivity index (χ3v) is 5.52. The quantitative estimate of drug-likeness (QED) is 0.634. The van der Waals surface area contributed by atoms with Crippen LogP contribution in [0.25, 0.3) is 0 Å². The van der Waals surface area contributed by atoms with E-state index >= 15 is 0 Å². The zero-order valence-corrected chi connectivity index (χ0v) is 16.3. The molecule has 2 aromatic rings. The van der Waals surface area contributed by atoms with E-state index in [0.717, 1.165) is 37.8 Å². The zero-order valence-electron chi connectivity index (χ0n) is 15.5. The van der Waals surface area contributed by atoms with Crippen molar-refractivity contribution in [2.75, 3.05) is 17.3 Å². The predicted molar refractivity (Wildman–Crippen MR) is 106 cm³/mol. The van der Waals surface area contributed by atoms with Crippen LogP contribution in [0.5, 0.6) is 0 Å². The molecule has 1 aliphatic carbocycles. The van der Waals surface area contributed by atoms with Crippen LogP contribution in [0.15, 0.2) is 42.5 Å². The standard InChI is InChI=1S/C21H22ClF3N2O/c1-27(15-7-3-2-4-8-15)19-12-11-14(21(23,24)25)13-18(19)26-20(28)16-9-5-6-10-17(16)22/h5-6,9-13,15H,2-4,7-8H2,1H3,(H,26,28). The fourth-order valence-corrected chi connectivity index (χ4v) is 3.84. The Kier molecular flexibility index (Phi) is 6.18. The molecule has 0 aromatic heterocycles. The normalized spacial score (nSPS) is 15.3. The van der Waals surface area contributed by atoms with Gasteiger partial charge < -0.3 is 10.2 Å².